The normalized spacial score (nSPS) is 17.8. The van der Waals surface area contributed by atoms with Gasteiger partial charge in [-0.15, -0.1) is 13.2 Å². The van der Waals surface area contributed by atoms with Crippen molar-refractivity contribution in [1.82, 2.24) is 14.9 Å². The molecule has 2 heterocycles. The maximum atomic E-state index is 12.4. The van der Waals surface area contributed by atoms with Crippen molar-refractivity contribution in [2.24, 2.45) is 0 Å². The highest BCUT2D eigenvalue weighted by Crippen LogP contribution is 2.29. The molecule has 11 heteroatoms. The minimum atomic E-state index is -4.74. The molecule has 2 aromatic carbocycles. The van der Waals surface area contributed by atoms with Crippen LogP contribution in [0.5, 0.6) is 5.75 Å². The van der Waals surface area contributed by atoms with Crippen LogP contribution in [0.4, 0.5) is 13.2 Å². The van der Waals surface area contributed by atoms with Crippen LogP contribution in [0.15, 0.2) is 59.6 Å². The van der Waals surface area contributed by atoms with Gasteiger partial charge in [-0.1, -0.05) is 12.1 Å². The van der Waals surface area contributed by atoms with Crippen LogP contribution in [0.25, 0.3) is 11.3 Å². The zero-order valence-electron chi connectivity index (χ0n) is 17.7. The molecule has 1 fully saturated rings. The van der Waals surface area contributed by atoms with Crippen LogP contribution in [0.3, 0.4) is 0 Å². The number of halogens is 3. The number of sulfone groups is 1. The summed E-state index contributed by atoms with van der Waals surface area (Å²) < 4.78 is 70.0. The predicted octanol–water partition coefficient (Wildman–Crippen LogP) is 3.95. The van der Waals surface area contributed by atoms with E-state index in [1.807, 2.05) is 0 Å². The van der Waals surface area contributed by atoms with Crippen molar-refractivity contribution in [1.29, 1.82) is 0 Å². The number of aromatic amines is 1. The number of benzene rings is 2. The van der Waals surface area contributed by atoms with Crippen molar-refractivity contribution in [2.75, 3.05) is 26.0 Å². The minimum Gasteiger partial charge on any atom is -0.406 e. The first-order chi connectivity index (χ1) is 15.6. The molecule has 1 aromatic heterocycles. The van der Waals surface area contributed by atoms with Crippen LogP contribution in [-0.2, 0) is 21.1 Å². The lowest BCUT2D eigenvalue weighted by molar-refractivity contribution is -0.274. The molecule has 1 aliphatic heterocycles. The fourth-order valence-electron chi connectivity index (χ4n) is 3.64. The highest BCUT2D eigenvalue weighted by molar-refractivity contribution is 7.90. The van der Waals surface area contributed by atoms with Gasteiger partial charge in [0.15, 0.2) is 9.84 Å². The third kappa shape index (κ3) is 5.92. The van der Waals surface area contributed by atoms with Gasteiger partial charge in [0.1, 0.15) is 11.6 Å². The van der Waals surface area contributed by atoms with E-state index in [0.29, 0.717) is 43.4 Å². The molecule has 1 atom stereocenters. The summed E-state index contributed by atoms with van der Waals surface area (Å²) in [6, 6.07) is 12.2. The Kier molecular flexibility index (Phi) is 6.46. The van der Waals surface area contributed by atoms with E-state index in [9.17, 15) is 21.6 Å². The van der Waals surface area contributed by atoms with Gasteiger partial charge < -0.3 is 14.5 Å². The summed E-state index contributed by atoms with van der Waals surface area (Å²) >= 11 is 0. The minimum absolute atomic E-state index is 0.157. The molecule has 0 amide bonds. The fraction of sp³-hybridized carbons (Fsp3) is 0.318. The van der Waals surface area contributed by atoms with Crippen molar-refractivity contribution in [3.05, 3.63) is 66.1 Å². The van der Waals surface area contributed by atoms with Crippen molar-refractivity contribution in [2.45, 2.75) is 23.8 Å². The number of imidazole rings is 1. The van der Waals surface area contributed by atoms with Crippen LogP contribution in [0, 0.1) is 0 Å². The Hall–Kier alpha value is -2.89. The molecule has 0 bridgehead atoms. The van der Waals surface area contributed by atoms with Gasteiger partial charge in [-0.05, 0) is 47.5 Å². The number of H-pyrrole nitrogens is 1. The van der Waals surface area contributed by atoms with Crippen molar-refractivity contribution >= 4 is 9.84 Å². The maximum Gasteiger partial charge on any atom is 0.573 e. The van der Waals surface area contributed by atoms with Gasteiger partial charge in [0, 0.05) is 19.3 Å². The fourth-order valence-corrected chi connectivity index (χ4v) is 4.28. The van der Waals surface area contributed by atoms with Crippen LogP contribution < -0.4 is 4.74 Å². The number of morpholine rings is 1. The maximum absolute atomic E-state index is 12.4. The largest absolute Gasteiger partial charge is 0.573 e. The standard InChI is InChI=1S/C22H22F3N3O4S/c1-33(29,30)18-8-2-15(3-9-18)13-28-10-11-31-14-20(28)21-26-12-19(27-21)16-4-6-17(7-5-16)32-22(23,24)25/h2-9,12,20H,10-11,13-14H2,1H3,(H,26,27)/t20-/m0/s1. The summed E-state index contributed by atoms with van der Waals surface area (Å²) in [7, 11) is -3.25. The first kappa shape index (κ1) is 23.3. The molecule has 0 saturated carbocycles. The highest BCUT2D eigenvalue weighted by atomic mass is 32.2. The number of alkyl halides is 3. The Morgan fingerprint density at radius 1 is 1.15 bits per heavy atom. The molecule has 7 nitrogen and oxygen atoms in total. The Bertz CT molecular complexity index is 1190. The van der Waals surface area contributed by atoms with Crippen LogP contribution in [-0.4, -0.2) is 55.7 Å². The molecule has 0 aliphatic carbocycles. The first-order valence-electron chi connectivity index (χ1n) is 10.1. The number of hydrogen-bond donors (Lipinski definition) is 1. The van der Waals surface area contributed by atoms with E-state index in [4.69, 9.17) is 4.74 Å². The van der Waals surface area contributed by atoms with Crippen molar-refractivity contribution in [3.8, 4) is 17.0 Å². The number of aromatic nitrogens is 2. The quantitative estimate of drug-likeness (QED) is 0.574. The Balaban J connectivity index is 1.48. The van der Waals surface area contributed by atoms with Gasteiger partial charge in [-0.25, -0.2) is 13.4 Å². The van der Waals surface area contributed by atoms with Gasteiger partial charge in [0.05, 0.1) is 36.0 Å². The molecule has 33 heavy (non-hydrogen) atoms. The monoisotopic (exact) mass is 481 g/mol. The SMILES string of the molecule is CS(=O)(=O)c1ccc(CN2CCOC[C@H]2c2ncc(-c3ccc(OC(F)(F)F)cc3)[nH]2)cc1. The Morgan fingerprint density at radius 3 is 2.48 bits per heavy atom. The molecular weight excluding hydrogens is 459 g/mol. The van der Waals surface area contributed by atoms with E-state index in [1.165, 1.54) is 30.5 Å². The summed E-state index contributed by atoms with van der Waals surface area (Å²) in [5, 5.41) is 0. The first-order valence-corrected chi connectivity index (χ1v) is 12.0. The molecule has 4 rings (SSSR count). The van der Waals surface area contributed by atoms with Gasteiger partial charge in [-0.2, -0.15) is 0 Å². The average molecular weight is 481 g/mol. The zero-order valence-corrected chi connectivity index (χ0v) is 18.5. The average Bonchev–Trinajstić information content (AvgIpc) is 3.23. The molecule has 1 aliphatic rings. The molecule has 0 spiro atoms. The van der Waals surface area contributed by atoms with Gasteiger partial charge >= 0.3 is 6.36 Å². The topological polar surface area (TPSA) is 84.5 Å². The molecular formula is C22H22F3N3O4S. The smallest absolute Gasteiger partial charge is 0.406 e. The van der Waals surface area contributed by atoms with Crippen LogP contribution in [0.1, 0.15) is 17.4 Å². The van der Waals surface area contributed by atoms with Gasteiger partial charge in [0.2, 0.25) is 0 Å². The Morgan fingerprint density at radius 2 is 1.85 bits per heavy atom. The van der Waals surface area contributed by atoms with Crippen molar-refractivity contribution < 1.29 is 31.1 Å². The zero-order chi connectivity index (χ0) is 23.6. The summed E-state index contributed by atoms with van der Waals surface area (Å²) in [5.74, 6) is 0.382. The van der Waals surface area contributed by atoms with Crippen LogP contribution in [0.2, 0.25) is 0 Å². The number of nitrogens with zero attached hydrogens (tertiary/aromatic N) is 2. The number of nitrogens with one attached hydrogen (secondary N) is 1. The number of hydrogen-bond acceptors (Lipinski definition) is 6. The molecule has 1 saturated heterocycles. The molecule has 0 unspecified atom stereocenters. The van der Waals surface area contributed by atoms with Crippen molar-refractivity contribution in [3.63, 3.8) is 0 Å². The molecule has 3 aromatic rings. The Labute approximate surface area is 189 Å². The third-order valence-corrected chi connectivity index (χ3v) is 6.41. The lowest BCUT2D eigenvalue weighted by Gasteiger charge is -2.34. The molecule has 1 N–H and O–H groups in total. The van der Waals surface area contributed by atoms with E-state index in [1.54, 1.807) is 30.5 Å². The molecule has 0 radical (unpaired) electrons. The number of rotatable bonds is 6. The second-order valence-electron chi connectivity index (χ2n) is 7.73. The second kappa shape index (κ2) is 9.16. The lowest BCUT2D eigenvalue weighted by Crippen LogP contribution is -2.39. The van der Waals surface area contributed by atoms with E-state index < -0.39 is 16.2 Å². The summed E-state index contributed by atoms with van der Waals surface area (Å²) in [4.78, 5) is 10.2. The summed E-state index contributed by atoms with van der Waals surface area (Å²) in [6.45, 7) is 2.23. The lowest BCUT2D eigenvalue weighted by atomic mass is 10.1. The van der Waals surface area contributed by atoms with E-state index in [2.05, 4.69) is 19.6 Å². The van der Waals surface area contributed by atoms with E-state index in [0.717, 1.165) is 5.56 Å². The molecule has 176 valence electrons. The van der Waals surface area contributed by atoms with Gasteiger partial charge in [-0.3, -0.25) is 4.90 Å². The highest BCUT2D eigenvalue weighted by Gasteiger charge is 2.31. The summed E-state index contributed by atoms with van der Waals surface area (Å²) in [6.07, 6.45) is -1.94. The van der Waals surface area contributed by atoms with E-state index in [-0.39, 0.29) is 16.7 Å². The van der Waals surface area contributed by atoms with Gasteiger partial charge in [0.25, 0.3) is 0 Å². The third-order valence-electron chi connectivity index (χ3n) is 5.29. The second-order valence-corrected chi connectivity index (χ2v) is 9.75. The van der Waals surface area contributed by atoms with Crippen LogP contribution >= 0.6 is 0 Å². The van der Waals surface area contributed by atoms with E-state index >= 15 is 0 Å². The number of ether oxygens (including phenoxy) is 2. The summed E-state index contributed by atoms with van der Waals surface area (Å²) in [5.41, 5.74) is 2.29. The predicted molar refractivity (Wildman–Crippen MR) is 114 cm³/mol.